The number of rotatable bonds is 3. The zero-order valence-corrected chi connectivity index (χ0v) is 16.0. The van der Waals surface area contributed by atoms with E-state index in [0.717, 1.165) is 11.1 Å². The van der Waals surface area contributed by atoms with E-state index in [1.807, 2.05) is 61.5 Å². The van der Waals surface area contributed by atoms with Gasteiger partial charge in [0.25, 0.3) is 0 Å². The van der Waals surface area contributed by atoms with Gasteiger partial charge in [0.05, 0.1) is 5.69 Å². The van der Waals surface area contributed by atoms with E-state index in [0.29, 0.717) is 31.9 Å². The summed E-state index contributed by atoms with van der Waals surface area (Å²) in [7, 11) is -3.58. The Bertz CT molecular complexity index is 954. The lowest BCUT2D eigenvalue weighted by atomic mass is 10.1. The van der Waals surface area contributed by atoms with Crippen molar-refractivity contribution in [2.24, 2.45) is 5.92 Å². The van der Waals surface area contributed by atoms with Gasteiger partial charge in [-0.05, 0) is 29.2 Å². The summed E-state index contributed by atoms with van der Waals surface area (Å²) < 4.78 is 29.3. The van der Waals surface area contributed by atoms with Gasteiger partial charge in [0.1, 0.15) is 0 Å². The molecule has 2 aromatic rings. The van der Waals surface area contributed by atoms with Crippen LogP contribution < -0.4 is 4.31 Å². The molecule has 2 aliphatic heterocycles. The molecule has 0 aromatic heterocycles. The van der Waals surface area contributed by atoms with E-state index < -0.39 is 10.2 Å². The Hall–Kier alpha value is -2.56. The molecule has 4 rings (SSSR count). The Morgan fingerprint density at radius 2 is 1.63 bits per heavy atom. The number of nitrogens with zero attached hydrogens (tertiary/aromatic N) is 4. The predicted octanol–water partition coefficient (Wildman–Crippen LogP) is 2.52. The third-order valence-corrected chi connectivity index (χ3v) is 7.44. The summed E-state index contributed by atoms with van der Waals surface area (Å²) in [5, 5.41) is 9.12. The van der Waals surface area contributed by atoms with Gasteiger partial charge in [-0.3, -0.25) is 4.31 Å². The van der Waals surface area contributed by atoms with Crippen LogP contribution in [0.2, 0.25) is 0 Å². The predicted molar refractivity (Wildman–Crippen MR) is 105 cm³/mol. The van der Waals surface area contributed by atoms with Crippen molar-refractivity contribution >= 4 is 15.9 Å². The van der Waals surface area contributed by atoms with Gasteiger partial charge in [-0.15, -0.1) is 0 Å². The number of likely N-dealkylation sites (tertiary alicyclic amines) is 1. The average molecular weight is 382 g/mol. The molecular weight excluding hydrogens is 360 g/mol. The van der Waals surface area contributed by atoms with Gasteiger partial charge in [-0.25, -0.2) is 0 Å². The first-order valence-corrected chi connectivity index (χ1v) is 10.5. The summed E-state index contributed by atoms with van der Waals surface area (Å²) in [6.45, 7) is 3.98. The molecule has 2 aliphatic rings. The fourth-order valence-electron chi connectivity index (χ4n) is 4.00. The van der Waals surface area contributed by atoms with Crippen LogP contribution in [0.1, 0.15) is 6.92 Å². The summed E-state index contributed by atoms with van der Waals surface area (Å²) in [5.74, 6) is 0.139. The standard InChI is InChI=1S/C20H22N4O2S/c1-16-13-22(15-21)14-20(16)24-12-11-23(27(24,25)26)19-9-7-18(8-10-19)17-5-3-2-4-6-17/h2-10,16,20H,11-14H2,1H3/t16-,20-/m0/s1. The van der Waals surface area contributed by atoms with Crippen LogP contribution in [0.3, 0.4) is 0 Å². The molecule has 2 atom stereocenters. The molecule has 6 nitrogen and oxygen atoms in total. The smallest absolute Gasteiger partial charge is 0.304 e. The van der Waals surface area contributed by atoms with Gasteiger partial charge in [0.15, 0.2) is 6.19 Å². The van der Waals surface area contributed by atoms with Gasteiger partial charge >= 0.3 is 10.2 Å². The van der Waals surface area contributed by atoms with Gasteiger partial charge in [-0.2, -0.15) is 18.0 Å². The molecule has 0 radical (unpaired) electrons. The van der Waals surface area contributed by atoms with E-state index in [1.165, 1.54) is 4.31 Å². The first kappa shape index (κ1) is 17.8. The second-order valence-corrected chi connectivity index (χ2v) is 8.96. The lowest BCUT2D eigenvalue weighted by molar-refractivity contribution is 0.309. The maximum Gasteiger partial charge on any atom is 0.304 e. The monoisotopic (exact) mass is 382 g/mol. The highest BCUT2D eigenvalue weighted by Crippen LogP contribution is 2.32. The van der Waals surface area contributed by atoms with Crippen molar-refractivity contribution in [3.63, 3.8) is 0 Å². The van der Waals surface area contributed by atoms with Gasteiger partial charge < -0.3 is 4.90 Å². The Balaban J connectivity index is 1.56. The van der Waals surface area contributed by atoms with Crippen molar-refractivity contribution < 1.29 is 8.42 Å². The summed E-state index contributed by atoms with van der Waals surface area (Å²) in [6.07, 6.45) is 2.14. The quantitative estimate of drug-likeness (QED) is 0.765. The number of nitriles is 1. The molecule has 0 spiro atoms. The highest BCUT2D eigenvalue weighted by molar-refractivity contribution is 7.90. The van der Waals surface area contributed by atoms with Crippen molar-refractivity contribution in [3.8, 4) is 17.3 Å². The van der Waals surface area contributed by atoms with Crippen LogP contribution in [0.25, 0.3) is 11.1 Å². The average Bonchev–Trinajstić information content (AvgIpc) is 3.20. The van der Waals surface area contributed by atoms with Crippen molar-refractivity contribution in [3.05, 3.63) is 54.6 Å². The van der Waals surface area contributed by atoms with Crippen LogP contribution in [0, 0.1) is 17.4 Å². The molecule has 2 aromatic carbocycles. The van der Waals surface area contributed by atoms with Gasteiger partial charge in [0.2, 0.25) is 0 Å². The van der Waals surface area contributed by atoms with Crippen LogP contribution in [-0.2, 0) is 10.2 Å². The first-order chi connectivity index (χ1) is 13.0. The summed E-state index contributed by atoms with van der Waals surface area (Å²) in [5.41, 5.74) is 2.84. The molecular formula is C20H22N4O2S. The van der Waals surface area contributed by atoms with Gasteiger partial charge in [-0.1, -0.05) is 49.4 Å². The number of hydrogen-bond donors (Lipinski definition) is 0. The normalized spacial score (nSPS) is 24.9. The Morgan fingerprint density at radius 3 is 2.26 bits per heavy atom. The van der Waals surface area contributed by atoms with Crippen molar-refractivity contribution in [2.45, 2.75) is 13.0 Å². The second-order valence-electron chi connectivity index (χ2n) is 7.15. The first-order valence-electron chi connectivity index (χ1n) is 9.10. The van der Waals surface area contributed by atoms with Crippen molar-refractivity contribution in [1.82, 2.24) is 9.21 Å². The van der Waals surface area contributed by atoms with E-state index in [4.69, 9.17) is 5.26 Å². The fraction of sp³-hybridized carbons (Fsp3) is 0.350. The Labute approximate surface area is 160 Å². The molecule has 0 unspecified atom stereocenters. The van der Waals surface area contributed by atoms with E-state index in [2.05, 4.69) is 6.19 Å². The molecule has 140 valence electrons. The largest absolute Gasteiger partial charge is 0.309 e. The number of anilines is 1. The number of benzene rings is 2. The molecule has 0 N–H and O–H groups in total. The topological polar surface area (TPSA) is 67.7 Å². The third-order valence-electron chi connectivity index (χ3n) is 5.44. The molecule has 0 saturated carbocycles. The van der Waals surface area contributed by atoms with E-state index >= 15 is 0 Å². The minimum atomic E-state index is -3.58. The highest BCUT2D eigenvalue weighted by atomic mass is 32.2. The minimum absolute atomic E-state index is 0.139. The highest BCUT2D eigenvalue weighted by Gasteiger charge is 2.45. The minimum Gasteiger partial charge on any atom is -0.309 e. The van der Waals surface area contributed by atoms with Crippen molar-refractivity contribution in [2.75, 3.05) is 30.5 Å². The van der Waals surface area contributed by atoms with Crippen LogP contribution in [0.4, 0.5) is 5.69 Å². The lowest BCUT2D eigenvalue weighted by Gasteiger charge is -2.26. The molecule has 2 heterocycles. The molecule has 0 aliphatic carbocycles. The van der Waals surface area contributed by atoms with E-state index in [1.54, 1.807) is 9.21 Å². The molecule has 0 bridgehead atoms. The van der Waals surface area contributed by atoms with Gasteiger partial charge in [0, 0.05) is 32.2 Å². The second kappa shape index (κ2) is 6.87. The lowest BCUT2D eigenvalue weighted by Crippen LogP contribution is -2.43. The van der Waals surface area contributed by atoms with Crippen LogP contribution >= 0.6 is 0 Å². The maximum atomic E-state index is 13.1. The zero-order chi connectivity index (χ0) is 19.0. The van der Waals surface area contributed by atoms with Crippen LogP contribution in [0.5, 0.6) is 0 Å². The SMILES string of the molecule is C[C@H]1CN(C#N)C[C@@H]1N1CCN(c2ccc(-c3ccccc3)cc2)S1(=O)=O. The summed E-state index contributed by atoms with van der Waals surface area (Å²) in [4.78, 5) is 1.64. The molecule has 0 amide bonds. The van der Waals surface area contributed by atoms with Crippen LogP contribution in [0.15, 0.2) is 54.6 Å². The third kappa shape index (κ3) is 3.15. The molecule has 2 saturated heterocycles. The summed E-state index contributed by atoms with van der Waals surface area (Å²) >= 11 is 0. The fourth-order valence-corrected chi connectivity index (χ4v) is 5.89. The Morgan fingerprint density at radius 1 is 0.963 bits per heavy atom. The van der Waals surface area contributed by atoms with E-state index in [9.17, 15) is 8.42 Å². The molecule has 27 heavy (non-hydrogen) atoms. The molecule has 2 fully saturated rings. The summed E-state index contributed by atoms with van der Waals surface area (Å²) in [6, 6.07) is 17.5. The maximum absolute atomic E-state index is 13.1. The van der Waals surface area contributed by atoms with Crippen LogP contribution in [-0.4, -0.2) is 49.8 Å². The number of hydrogen-bond acceptors (Lipinski definition) is 4. The van der Waals surface area contributed by atoms with E-state index in [-0.39, 0.29) is 12.0 Å². The molecule has 7 heteroatoms. The zero-order valence-electron chi connectivity index (χ0n) is 15.2. The van der Waals surface area contributed by atoms with Crippen molar-refractivity contribution in [1.29, 1.82) is 5.26 Å². The Kier molecular flexibility index (Phi) is 4.54.